The minimum Gasteiger partial charge on any atom is -0.378 e. The van der Waals surface area contributed by atoms with Gasteiger partial charge in [0.25, 0.3) is 0 Å². The number of nitrogens with zero attached hydrogens (tertiary/aromatic N) is 1. The van der Waals surface area contributed by atoms with E-state index >= 15 is 0 Å². The summed E-state index contributed by atoms with van der Waals surface area (Å²) in [6.07, 6.45) is 5.56. The van der Waals surface area contributed by atoms with Crippen LogP contribution in [0.4, 0.5) is 0 Å². The molecule has 1 aliphatic heterocycles. The van der Waals surface area contributed by atoms with Crippen molar-refractivity contribution in [1.29, 1.82) is 0 Å². The van der Waals surface area contributed by atoms with Crippen molar-refractivity contribution < 1.29 is 9.53 Å². The van der Waals surface area contributed by atoms with E-state index < -0.39 is 0 Å². The zero-order valence-electron chi connectivity index (χ0n) is 13.3. The summed E-state index contributed by atoms with van der Waals surface area (Å²) in [6, 6.07) is 0.496. The number of likely N-dealkylation sites (tertiary alicyclic amines) is 1. The SMILES string of the molecule is CCOC1CC(NCCC(=O)N2CCCC2)C1(C)CC. The maximum absolute atomic E-state index is 12.0. The number of ether oxygens (including phenoxy) is 1. The Morgan fingerprint density at radius 1 is 1.35 bits per heavy atom. The van der Waals surface area contributed by atoms with Crippen molar-refractivity contribution in [2.45, 2.75) is 65.0 Å². The van der Waals surface area contributed by atoms with Gasteiger partial charge in [0.15, 0.2) is 0 Å². The van der Waals surface area contributed by atoms with Crippen LogP contribution in [-0.4, -0.2) is 49.2 Å². The van der Waals surface area contributed by atoms with E-state index in [-0.39, 0.29) is 5.41 Å². The molecular weight excluding hydrogens is 252 g/mol. The lowest BCUT2D eigenvalue weighted by Gasteiger charge is -2.53. The average Bonchev–Trinajstić information content (AvgIpc) is 2.98. The maximum atomic E-state index is 12.0. The molecule has 3 atom stereocenters. The monoisotopic (exact) mass is 282 g/mol. The van der Waals surface area contributed by atoms with Gasteiger partial charge >= 0.3 is 0 Å². The van der Waals surface area contributed by atoms with Gasteiger partial charge in [-0.05, 0) is 32.6 Å². The van der Waals surface area contributed by atoms with Gasteiger partial charge < -0.3 is 15.0 Å². The molecule has 1 heterocycles. The van der Waals surface area contributed by atoms with Crippen molar-refractivity contribution in [3.05, 3.63) is 0 Å². The Balaban J connectivity index is 1.70. The Labute approximate surface area is 123 Å². The van der Waals surface area contributed by atoms with Crippen molar-refractivity contribution >= 4 is 5.91 Å². The molecule has 1 saturated carbocycles. The van der Waals surface area contributed by atoms with Gasteiger partial charge in [-0.3, -0.25) is 4.79 Å². The fourth-order valence-electron chi connectivity index (χ4n) is 3.54. The Kier molecular flexibility index (Phi) is 5.44. The molecule has 2 fully saturated rings. The lowest BCUT2D eigenvalue weighted by molar-refractivity contribution is -0.132. The van der Waals surface area contributed by atoms with Crippen LogP contribution in [0.5, 0.6) is 0 Å². The molecule has 2 aliphatic rings. The maximum Gasteiger partial charge on any atom is 0.223 e. The summed E-state index contributed by atoms with van der Waals surface area (Å²) >= 11 is 0. The van der Waals surface area contributed by atoms with Gasteiger partial charge in [-0.2, -0.15) is 0 Å². The second-order valence-corrected chi connectivity index (χ2v) is 6.38. The summed E-state index contributed by atoms with van der Waals surface area (Å²) in [5.74, 6) is 0.314. The highest BCUT2D eigenvalue weighted by Crippen LogP contribution is 2.45. The predicted octanol–water partition coefficient (Wildman–Crippen LogP) is 2.18. The molecule has 1 saturated heterocycles. The molecular formula is C16H30N2O2. The summed E-state index contributed by atoms with van der Waals surface area (Å²) in [6.45, 7) is 10.1. The molecule has 2 rings (SSSR count). The molecule has 0 spiro atoms. The Bertz CT molecular complexity index is 328. The van der Waals surface area contributed by atoms with Gasteiger partial charge in [-0.15, -0.1) is 0 Å². The molecule has 0 bridgehead atoms. The molecule has 3 unspecified atom stereocenters. The van der Waals surface area contributed by atoms with Crippen molar-refractivity contribution in [3.8, 4) is 0 Å². The number of nitrogens with one attached hydrogen (secondary N) is 1. The Morgan fingerprint density at radius 2 is 2.05 bits per heavy atom. The average molecular weight is 282 g/mol. The van der Waals surface area contributed by atoms with Gasteiger partial charge in [0.1, 0.15) is 0 Å². The topological polar surface area (TPSA) is 41.6 Å². The first kappa shape index (κ1) is 15.8. The smallest absolute Gasteiger partial charge is 0.223 e. The predicted molar refractivity (Wildman–Crippen MR) is 80.7 cm³/mol. The largest absolute Gasteiger partial charge is 0.378 e. The fourth-order valence-corrected chi connectivity index (χ4v) is 3.54. The van der Waals surface area contributed by atoms with E-state index in [9.17, 15) is 4.79 Å². The van der Waals surface area contributed by atoms with Crippen molar-refractivity contribution in [2.24, 2.45) is 5.41 Å². The Hall–Kier alpha value is -0.610. The molecule has 0 aromatic heterocycles. The van der Waals surface area contributed by atoms with Crippen LogP contribution in [0.3, 0.4) is 0 Å². The molecule has 20 heavy (non-hydrogen) atoms. The van der Waals surface area contributed by atoms with E-state index in [1.54, 1.807) is 0 Å². The lowest BCUT2D eigenvalue weighted by atomic mass is 9.61. The normalized spacial score (nSPS) is 33.2. The zero-order chi connectivity index (χ0) is 14.6. The van der Waals surface area contributed by atoms with Crippen LogP contribution >= 0.6 is 0 Å². The van der Waals surface area contributed by atoms with E-state index in [4.69, 9.17) is 4.74 Å². The Morgan fingerprint density at radius 3 is 2.65 bits per heavy atom. The number of hydrogen-bond acceptors (Lipinski definition) is 3. The first-order chi connectivity index (χ1) is 9.61. The third kappa shape index (κ3) is 3.17. The van der Waals surface area contributed by atoms with Crippen LogP contribution in [0.25, 0.3) is 0 Å². The molecule has 0 aromatic rings. The van der Waals surface area contributed by atoms with Gasteiger partial charge in [0.05, 0.1) is 6.10 Å². The standard InChI is InChI=1S/C16H30N2O2/c1-4-16(3)13(12-14(16)20-5-2)17-9-8-15(19)18-10-6-7-11-18/h13-14,17H,4-12H2,1-3H3. The van der Waals surface area contributed by atoms with Gasteiger partial charge in [-0.1, -0.05) is 13.8 Å². The van der Waals surface area contributed by atoms with Crippen LogP contribution in [0.1, 0.15) is 52.9 Å². The highest BCUT2D eigenvalue weighted by atomic mass is 16.5. The summed E-state index contributed by atoms with van der Waals surface area (Å²) < 4.78 is 5.81. The van der Waals surface area contributed by atoms with Crippen molar-refractivity contribution in [3.63, 3.8) is 0 Å². The van der Waals surface area contributed by atoms with Crippen molar-refractivity contribution in [1.82, 2.24) is 10.2 Å². The first-order valence-corrected chi connectivity index (χ1v) is 8.24. The second kappa shape index (κ2) is 6.90. The van der Waals surface area contributed by atoms with E-state index in [1.807, 2.05) is 4.90 Å². The molecule has 4 nitrogen and oxygen atoms in total. The summed E-state index contributed by atoms with van der Waals surface area (Å²) in [5, 5.41) is 3.58. The van der Waals surface area contributed by atoms with Gasteiger partial charge in [0.2, 0.25) is 5.91 Å². The summed E-state index contributed by atoms with van der Waals surface area (Å²) in [4.78, 5) is 14.0. The number of amides is 1. The number of hydrogen-bond donors (Lipinski definition) is 1. The zero-order valence-corrected chi connectivity index (χ0v) is 13.3. The lowest BCUT2D eigenvalue weighted by Crippen LogP contribution is -2.62. The summed E-state index contributed by atoms with van der Waals surface area (Å²) in [5.41, 5.74) is 0.229. The minimum atomic E-state index is 0.229. The molecule has 4 heteroatoms. The third-order valence-corrected chi connectivity index (χ3v) is 5.30. The van der Waals surface area contributed by atoms with E-state index in [1.165, 1.54) is 12.8 Å². The fraction of sp³-hybridized carbons (Fsp3) is 0.938. The van der Waals surface area contributed by atoms with Crippen LogP contribution in [0.15, 0.2) is 0 Å². The molecule has 1 amide bonds. The van der Waals surface area contributed by atoms with E-state index in [2.05, 4.69) is 26.1 Å². The van der Waals surface area contributed by atoms with Crippen LogP contribution in [0, 0.1) is 5.41 Å². The number of carbonyl (C=O) groups excluding carboxylic acids is 1. The molecule has 0 radical (unpaired) electrons. The third-order valence-electron chi connectivity index (χ3n) is 5.30. The van der Waals surface area contributed by atoms with Gasteiger partial charge in [0, 0.05) is 44.1 Å². The molecule has 116 valence electrons. The highest BCUT2D eigenvalue weighted by molar-refractivity contribution is 5.76. The summed E-state index contributed by atoms with van der Waals surface area (Å²) in [7, 11) is 0. The van der Waals surface area contributed by atoms with Crippen molar-refractivity contribution in [2.75, 3.05) is 26.2 Å². The minimum absolute atomic E-state index is 0.229. The second-order valence-electron chi connectivity index (χ2n) is 6.38. The van der Waals surface area contributed by atoms with Crippen LogP contribution < -0.4 is 5.32 Å². The van der Waals surface area contributed by atoms with Crippen LogP contribution in [-0.2, 0) is 9.53 Å². The number of carbonyl (C=O) groups is 1. The highest BCUT2D eigenvalue weighted by Gasteiger charge is 2.50. The molecule has 0 aromatic carbocycles. The van der Waals surface area contributed by atoms with E-state index in [0.717, 1.165) is 39.1 Å². The first-order valence-electron chi connectivity index (χ1n) is 8.24. The molecule has 1 N–H and O–H groups in total. The number of rotatable bonds is 7. The van der Waals surface area contributed by atoms with Gasteiger partial charge in [-0.25, -0.2) is 0 Å². The quantitative estimate of drug-likeness (QED) is 0.778. The van der Waals surface area contributed by atoms with E-state index in [0.29, 0.717) is 24.5 Å². The van der Waals surface area contributed by atoms with Crippen LogP contribution in [0.2, 0.25) is 0 Å². The molecule has 1 aliphatic carbocycles.